The minimum atomic E-state index is -0.0877. The summed E-state index contributed by atoms with van der Waals surface area (Å²) in [6.45, 7) is 8.03. The minimum absolute atomic E-state index is 0.0877. The molecule has 2 aromatic carbocycles. The zero-order chi connectivity index (χ0) is 20.1. The van der Waals surface area contributed by atoms with Gasteiger partial charge in [0.25, 0.3) is 5.91 Å². The summed E-state index contributed by atoms with van der Waals surface area (Å²) in [4.78, 5) is 17.6. The fourth-order valence-electron chi connectivity index (χ4n) is 3.70. The van der Waals surface area contributed by atoms with E-state index in [1.54, 1.807) is 6.20 Å². The molecule has 0 aliphatic carbocycles. The Morgan fingerprint density at radius 3 is 2.45 bits per heavy atom. The molecule has 1 fully saturated rings. The van der Waals surface area contributed by atoms with Crippen LogP contribution in [0.2, 0.25) is 0 Å². The minimum Gasteiger partial charge on any atom is -0.367 e. The number of nitrogens with zero attached hydrogens (tertiary/aromatic N) is 4. The molecule has 0 unspecified atom stereocenters. The maximum atomic E-state index is 12.8. The normalized spacial score (nSPS) is 14.7. The first kappa shape index (κ1) is 19.2. The average molecular weight is 390 g/mol. The van der Waals surface area contributed by atoms with Gasteiger partial charge in [-0.25, -0.2) is 0 Å². The predicted molar refractivity (Wildman–Crippen MR) is 116 cm³/mol. The zero-order valence-corrected chi connectivity index (χ0v) is 16.8. The molecule has 2 heterocycles. The SMILES string of the molecule is CCN1CCN(c2ccccc2NC(=O)c2ccc(Cn3cccn3)cc2)CC1. The van der Waals surface area contributed by atoms with E-state index in [1.807, 2.05) is 59.4 Å². The summed E-state index contributed by atoms with van der Waals surface area (Å²) >= 11 is 0. The molecule has 1 aliphatic heterocycles. The summed E-state index contributed by atoms with van der Waals surface area (Å²) < 4.78 is 1.86. The summed E-state index contributed by atoms with van der Waals surface area (Å²) in [6, 6.07) is 17.7. The molecule has 0 spiro atoms. The van der Waals surface area contributed by atoms with Gasteiger partial charge >= 0.3 is 0 Å². The van der Waals surface area contributed by atoms with Gasteiger partial charge < -0.3 is 15.1 Å². The first-order valence-electron chi connectivity index (χ1n) is 10.2. The predicted octanol–water partition coefficient (Wildman–Crippen LogP) is 3.33. The molecule has 6 heteroatoms. The second kappa shape index (κ2) is 8.92. The summed E-state index contributed by atoms with van der Waals surface area (Å²) in [6.07, 6.45) is 3.69. The molecule has 1 aliphatic rings. The summed E-state index contributed by atoms with van der Waals surface area (Å²) in [7, 11) is 0. The number of nitrogens with one attached hydrogen (secondary N) is 1. The second-order valence-electron chi connectivity index (χ2n) is 7.29. The van der Waals surface area contributed by atoms with Crippen molar-refractivity contribution < 1.29 is 4.79 Å². The zero-order valence-electron chi connectivity index (χ0n) is 16.8. The third-order valence-corrected chi connectivity index (χ3v) is 5.43. The lowest BCUT2D eigenvalue weighted by molar-refractivity contribution is 0.102. The van der Waals surface area contributed by atoms with Crippen LogP contribution in [0.4, 0.5) is 11.4 Å². The molecular formula is C23H27N5O. The average Bonchev–Trinajstić information content (AvgIpc) is 3.28. The smallest absolute Gasteiger partial charge is 0.255 e. The summed E-state index contributed by atoms with van der Waals surface area (Å²) in [5.74, 6) is -0.0877. The molecule has 3 aromatic rings. The van der Waals surface area contributed by atoms with Crippen molar-refractivity contribution >= 4 is 17.3 Å². The molecule has 1 aromatic heterocycles. The van der Waals surface area contributed by atoms with E-state index in [0.717, 1.165) is 49.7 Å². The molecule has 6 nitrogen and oxygen atoms in total. The Morgan fingerprint density at radius 1 is 1.00 bits per heavy atom. The Kier molecular flexibility index (Phi) is 5.91. The van der Waals surface area contributed by atoms with Crippen LogP contribution in [0.25, 0.3) is 0 Å². The first-order valence-corrected chi connectivity index (χ1v) is 10.2. The number of hydrogen-bond acceptors (Lipinski definition) is 4. The van der Waals surface area contributed by atoms with E-state index >= 15 is 0 Å². The Balaban J connectivity index is 1.43. The number of anilines is 2. The molecule has 29 heavy (non-hydrogen) atoms. The lowest BCUT2D eigenvalue weighted by atomic mass is 10.1. The lowest BCUT2D eigenvalue weighted by Gasteiger charge is -2.36. The van der Waals surface area contributed by atoms with Gasteiger partial charge in [0, 0.05) is 44.1 Å². The maximum absolute atomic E-state index is 12.8. The third kappa shape index (κ3) is 4.66. The molecule has 1 amide bonds. The van der Waals surface area contributed by atoms with Crippen LogP contribution in [-0.4, -0.2) is 53.3 Å². The van der Waals surface area contributed by atoms with Crippen molar-refractivity contribution in [2.24, 2.45) is 0 Å². The molecule has 1 saturated heterocycles. The lowest BCUT2D eigenvalue weighted by Crippen LogP contribution is -2.46. The summed E-state index contributed by atoms with van der Waals surface area (Å²) in [5.41, 5.74) is 3.72. The molecule has 4 rings (SSSR count). The van der Waals surface area contributed by atoms with Crippen molar-refractivity contribution in [2.45, 2.75) is 13.5 Å². The van der Waals surface area contributed by atoms with Gasteiger partial charge in [-0.1, -0.05) is 31.2 Å². The van der Waals surface area contributed by atoms with Crippen molar-refractivity contribution in [1.82, 2.24) is 14.7 Å². The van der Waals surface area contributed by atoms with Crippen molar-refractivity contribution in [3.8, 4) is 0 Å². The highest BCUT2D eigenvalue weighted by atomic mass is 16.1. The molecule has 0 atom stereocenters. The number of carbonyl (C=O) groups excluding carboxylic acids is 1. The van der Waals surface area contributed by atoms with Crippen molar-refractivity contribution in [1.29, 1.82) is 0 Å². The second-order valence-corrected chi connectivity index (χ2v) is 7.29. The monoisotopic (exact) mass is 389 g/mol. The number of amides is 1. The van der Waals surface area contributed by atoms with Gasteiger partial charge in [-0.15, -0.1) is 0 Å². The van der Waals surface area contributed by atoms with Crippen molar-refractivity contribution in [3.05, 3.63) is 78.1 Å². The Morgan fingerprint density at radius 2 is 1.76 bits per heavy atom. The van der Waals surface area contributed by atoms with Gasteiger partial charge in [0.15, 0.2) is 0 Å². The number of aromatic nitrogens is 2. The van der Waals surface area contributed by atoms with Crippen LogP contribution in [0.3, 0.4) is 0 Å². The standard InChI is InChI=1S/C23H27N5O/c1-2-26-14-16-27(17-15-26)22-7-4-3-6-21(22)25-23(29)20-10-8-19(9-11-20)18-28-13-5-12-24-28/h3-13H,2,14-18H2,1H3,(H,25,29). The van der Waals surface area contributed by atoms with Crippen LogP contribution in [0, 0.1) is 0 Å². The van der Waals surface area contributed by atoms with Gasteiger partial charge in [0.2, 0.25) is 0 Å². The van der Waals surface area contributed by atoms with Gasteiger partial charge in [-0.2, -0.15) is 5.10 Å². The van der Waals surface area contributed by atoms with Crippen LogP contribution in [0.5, 0.6) is 0 Å². The third-order valence-electron chi connectivity index (χ3n) is 5.43. The number of piperazine rings is 1. The van der Waals surface area contributed by atoms with E-state index in [9.17, 15) is 4.79 Å². The van der Waals surface area contributed by atoms with Crippen LogP contribution in [0.15, 0.2) is 67.0 Å². The number of likely N-dealkylation sites (N-methyl/N-ethyl adjacent to an activating group) is 1. The number of carbonyl (C=O) groups is 1. The van der Waals surface area contributed by atoms with Gasteiger partial charge in [-0.3, -0.25) is 9.48 Å². The highest BCUT2D eigenvalue weighted by Gasteiger charge is 2.19. The van der Waals surface area contributed by atoms with Crippen molar-refractivity contribution in [3.63, 3.8) is 0 Å². The van der Waals surface area contributed by atoms with Crippen LogP contribution < -0.4 is 10.2 Å². The molecule has 0 saturated carbocycles. The molecular weight excluding hydrogens is 362 g/mol. The van der Waals surface area contributed by atoms with E-state index < -0.39 is 0 Å². The Hall–Kier alpha value is -3.12. The van der Waals surface area contributed by atoms with Gasteiger partial charge in [0.05, 0.1) is 17.9 Å². The molecule has 150 valence electrons. The number of hydrogen-bond donors (Lipinski definition) is 1. The van der Waals surface area contributed by atoms with Crippen LogP contribution >= 0.6 is 0 Å². The van der Waals surface area contributed by atoms with Crippen LogP contribution in [0.1, 0.15) is 22.8 Å². The van der Waals surface area contributed by atoms with Gasteiger partial charge in [-0.05, 0) is 42.4 Å². The van der Waals surface area contributed by atoms with Crippen LogP contribution in [-0.2, 0) is 6.54 Å². The fourth-order valence-corrected chi connectivity index (χ4v) is 3.70. The van der Waals surface area contributed by atoms with E-state index in [-0.39, 0.29) is 5.91 Å². The Labute approximate surface area is 171 Å². The Bertz CT molecular complexity index is 928. The van der Waals surface area contributed by atoms with E-state index in [2.05, 4.69) is 33.2 Å². The number of benzene rings is 2. The topological polar surface area (TPSA) is 53.4 Å². The highest BCUT2D eigenvalue weighted by molar-refractivity contribution is 6.06. The van der Waals surface area contributed by atoms with E-state index in [0.29, 0.717) is 12.1 Å². The summed E-state index contributed by atoms with van der Waals surface area (Å²) in [5, 5.41) is 7.32. The first-order chi connectivity index (χ1) is 14.2. The van der Waals surface area contributed by atoms with Crippen molar-refractivity contribution in [2.75, 3.05) is 42.9 Å². The maximum Gasteiger partial charge on any atom is 0.255 e. The van der Waals surface area contributed by atoms with Gasteiger partial charge in [0.1, 0.15) is 0 Å². The molecule has 0 radical (unpaired) electrons. The highest BCUT2D eigenvalue weighted by Crippen LogP contribution is 2.27. The number of rotatable bonds is 6. The van der Waals surface area contributed by atoms with E-state index in [4.69, 9.17) is 0 Å². The molecule has 1 N–H and O–H groups in total. The largest absolute Gasteiger partial charge is 0.367 e. The molecule has 0 bridgehead atoms. The van der Waals surface area contributed by atoms with E-state index in [1.165, 1.54) is 0 Å². The quantitative estimate of drug-likeness (QED) is 0.703. The fraction of sp³-hybridized carbons (Fsp3) is 0.304. The number of para-hydroxylation sites is 2.